The van der Waals surface area contributed by atoms with Crippen LogP contribution in [0.4, 0.5) is 0 Å². The first kappa shape index (κ1) is 17.6. The quantitative estimate of drug-likeness (QED) is 0.467. The SMILES string of the molecule is Cn1cccc1C(=O)CSc1nnc(COc2ccc(Cl)cc2)n1C. The lowest BCUT2D eigenvalue weighted by molar-refractivity contribution is 0.101. The number of ether oxygens (including phenoxy) is 1. The van der Waals surface area contributed by atoms with Crippen molar-refractivity contribution in [2.45, 2.75) is 11.8 Å². The lowest BCUT2D eigenvalue weighted by atomic mass is 10.3. The molecule has 0 fully saturated rings. The highest BCUT2D eigenvalue weighted by Gasteiger charge is 2.14. The van der Waals surface area contributed by atoms with Gasteiger partial charge in [-0.15, -0.1) is 10.2 Å². The van der Waals surface area contributed by atoms with Crippen LogP contribution in [0.15, 0.2) is 47.8 Å². The first-order valence-corrected chi connectivity index (χ1v) is 8.95. The molecule has 0 aliphatic heterocycles. The number of Topliss-reactive ketones (excluding diaryl/α,β-unsaturated/α-hetero) is 1. The van der Waals surface area contributed by atoms with E-state index in [1.165, 1.54) is 11.8 Å². The summed E-state index contributed by atoms with van der Waals surface area (Å²) in [6.07, 6.45) is 1.85. The van der Waals surface area contributed by atoms with Crippen LogP contribution in [0, 0.1) is 0 Å². The topological polar surface area (TPSA) is 61.9 Å². The number of ketones is 1. The monoisotopic (exact) mass is 376 g/mol. The predicted molar refractivity (Wildman–Crippen MR) is 97.3 cm³/mol. The molecule has 3 aromatic rings. The summed E-state index contributed by atoms with van der Waals surface area (Å²) in [5.41, 5.74) is 0.681. The van der Waals surface area contributed by atoms with E-state index in [1.54, 1.807) is 24.3 Å². The number of nitrogens with zero attached hydrogens (tertiary/aromatic N) is 4. The largest absolute Gasteiger partial charge is 0.486 e. The van der Waals surface area contributed by atoms with Crippen LogP contribution in [0.3, 0.4) is 0 Å². The van der Waals surface area contributed by atoms with Gasteiger partial charge in [-0.25, -0.2) is 0 Å². The summed E-state index contributed by atoms with van der Waals surface area (Å²) in [7, 11) is 3.71. The van der Waals surface area contributed by atoms with Gasteiger partial charge < -0.3 is 13.9 Å². The van der Waals surface area contributed by atoms with Crippen molar-refractivity contribution in [3.05, 3.63) is 59.1 Å². The van der Waals surface area contributed by atoms with Gasteiger partial charge in [0.15, 0.2) is 16.8 Å². The van der Waals surface area contributed by atoms with E-state index >= 15 is 0 Å². The summed E-state index contributed by atoms with van der Waals surface area (Å²) in [5.74, 6) is 1.76. The molecule has 6 nitrogen and oxygen atoms in total. The van der Waals surface area contributed by atoms with E-state index in [0.29, 0.717) is 33.2 Å². The third kappa shape index (κ3) is 4.24. The Bertz CT molecular complexity index is 873. The number of hydrogen-bond donors (Lipinski definition) is 0. The fourth-order valence-electron chi connectivity index (χ4n) is 2.23. The van der Waals surface area contributed by atoms with Gasteiger partial charge in [-0.1, -0.05) is 23.4 Å². The fraction of sp³-hybridized carbons (Fsp3) is 0.235. The van der Waals surface area contributed by atoms with Gasteiger partial charge in [0.25, 0.3) is 0 Å². The molecule has 0 aliphatic rings. The van der Waals surface area contributed by atoms with E-state index in [2.05, 4.69) is 10.2 Å². The highest BCUT2D eigenvalue weighted by atomic mass is 35.5. The molecule has 0 amide bonds. The van der Waals surface area contributed by atoms with Crippen molar-refractivity contribution in [3.8, 4) is 5.75 Å². The Morgan fingerprint density at radius 3 is 2.64 bits per heavy atom. The number of carbonyl (C=O) groups is 1. The van der Waals surface area contributed by atoms with Gasteiger partial charge in [-0.3, -0.25) is 4.79 Å². The molecule has 2 heterocycles. The van der Waals surface area contributed by atoms with E-state index in [-0.39, 0.29) is 12.4 Å². The molecule has 0 unspecified atom stereocenters. The summed E-state index contributed by atoms with van der Waals surface area (Å²) in [6, 6.07) is 10.8. The third-order valence-electron chi connectivity index (χ3n) is 3.67. The zero-order valence-corrected chi connectivity index (χ0v) is 15.4. The van der Waals surface area contributed by atoms with Gasteiger partial charge in [0, 0.05) is 25.3 Å². The minimum absolute atomic E-state index is 0.0551. The normalized spacial score (nSPS) is 10.8. The lowest BCUT2D eigenvalue weighted by Crippen LogP contribution is -2.09. The van der Waals surface area contributed by atoms with Crippen LogP contribution in [-0.2, 0) is 20.7 Å². The standard InChI is InChI=1S/C17H17ClN4O2S/c1-21-9-3-4-14(21)15(23)11-25-17-20-19-16(22(17)2)10-24-13-7-5-12(18)6-8-13/h3-9H,10-11H2,1-2H3. The molecule has 0 radical (unpaired) electrons. The van der Waals surface area contributed by atoms with E-state index < -0.39 is 0 Å². The number of hydrogen-bond acceptors (Lipinski definition) is 5. The molecular weight excluding hydrogens is 360 g/mol. The summed E-state index contributed by atoms with van der Waals surface area (Å²) >= 11 is 7.21. The Hall–Kier alpha value is -2.25. The maximum atomic E-state index is 12.2. The van der Waals surface area contributed by atoms with E-state index in [1.807, 2.05) is 41.6 Å². The van der Waals surface area contributed by atoms with Gasteiger partial charge in [-0.2, -0.15) is 0 Å². The number of halogens is 1. The van der Waals surface area contributed by atoms with Crippen LogP contribution in [-0.4, -0.2) is 30.9 Å². The van der Waals surface area contributed by atoms with Crippen LogP contribution in [0.25, 0.3) is 0 Å². The molecule has 25 heavy (non-hydrogen) atoms. The number of aryl methyl sites for hydroxylation is 1. The second-order valence-corrected chi connectivity index (χ2v) is 6.80. The Morgan fingerprint density at radius 2 is 1.96 bits per heavy atom. The molecular formula is C17H17ClN4O2S. The van der Waals surface area contributed by atoms with Crippen molar-refractivity contribution in [1.29, 1.82) is 0 Å². The van der Waals surface area contributed by atoms with Crippen molar-refractivity contribution in [2.75, 3.05) is 5.75 Å². The molecule has 8 heteroatoms. The molecule has 0 saturated heterocycles. The van der Waals surface area contributed by atoms with Crippen LogP contribution in [0.5, 0.6) is 5.75 Å². The summed E-state index contributed by atoms with van der Waals surface area (Å²) in [5, 5.41) is 9.60. The van der Waals surface area contributed by atoms with Crippen molar-refractivity contribution in [1.82, 2.24) is 19.3 Å². The van der Waals surface area contributed by atoms with Gasteiger partial charge in [-0.05, 0) is 36.4 Å². The number of benzene rings is 1. The van der Waals surface area contributed by atoms with Crippen molar-refractivity contribution < 1.29 is 9.53 Å². The average Bonchev–Trinajstić information content (AvgIpc) is 3.18. The van der Waals surface area contributed by atoms with E-state index in [0.717, 1.165) is 0 Å². The number of thioether (sulfide) groups is 1. The van der Waals surface area contributed by atoms with Crippen LogP contribution in [0.1, 0.15) is 16.3 Å². The smallest absolute Gasteiger partial charge is 0.191 e. The molecule has 1 aromatic carbocycles. The highest BCUT2D eigenvalue weighted by molar-refractivity contribution is 7.99. The molecule has 0 spiro atoms. The number of aromatic nitrogens is 4. The summed E-state index contributed by atoms with van der Waals surface area (Å²) in [4.78, 5) is 12.2. The van der Waals surface area contributed by atoms with Gasteiger partial charge in [0.05, 0.1) is 11.4 Å². The highest BCUT2D eigenvalue weighted by Crippen LogP contribution is 2.20. The van der Waals surface area contributed by atoms with Crippen LogP contribution < -0.4 is 4.74 Å². The molecule has 0 saturated carbocycles. The zero-order valence-electron chi connectivity index (χ0n) is 13.8. The van der Waals surface area contributed by atoms with Gasteiger partial charge in [0.2, 0.25) is 0 Å². The minimum Gasteiger partial charge on any atom is -0.486 e. The molecule has 3 rings (SSSR count). The second kappa shape index (κ2) is 7.76. The van der Waals surface area contributed by atoms with Crippen molar-refractivity contribution in [3.63, 3.8) is 0 Å². The van der Waals surface area contributed by atoms with E-state index in [9.17, 15) is 4.79 Å². The van der Waals surface area contributed by atoms with Crippen LogP contribution in [0.2, 0.25) is 5.02 Å². The van der Waals surface area contributed by atoms with Crippen LogP contribution >= 0.6 is 23.4 Å². The number of rotatable bonds is 7. The predicted octanol–water partition coefficient (Wildman–Crippen LogP) is 3.36. The first-order chi connectivity index (χ1) is 12.0. The Balaban J connectivity index is 1.58. The molecule has 130 valence electrons. The van der Waals surface area contributed by atoms with Crippen molar-refractivity contribution >= 4 is 29.1 Å². The van der Waals surface area contributed by atoms with Gasteiger partial charge in [0.1, 0.15) is 12.4 Å². The second-order valence-electron chi connectivity index (χ2n) is 5.42. The summed E-state index contributed by atoms with van der Waals surface area (Å²) < 4.78 is 9.32. The Labute approximate surface area is 154 Å². The summed E-state index contributed by atoms with van der Waals surface area (Å²) in [6.45, 7) is 0.289. The maximum Gasteiger partial charge on any atom is 0.191 e. The Morgan fingerprint density at radius 1 is 1.20 bits per heavy atom. The molecule has 2 aromatic heterocycles. The fourth-order valence-corrected chi connectivity index (χ4v) is 3.16. The minimum atomic E-state index is 0.0551. The van der Waals surface area contributed by atoms with Gasteiger partial charge >= 0.3 is 0 Å². The number of carbonyl (C=O) groups excluding carboxylic acids is 1. The Kier molecular flexibility index (Phi) is 5.45. The lowest BCUT2D eigenvalue weighted by Gasteiger charge is -2.06. The molecule has 0 bridgehead atoms. The molecule has 0 aliphatic carbocycles. The third-order valence-corrected chi connectivity index (χ3v) is 4.94. The maximum absolute atomic E-state index is 12.2. The average molecular weight is 377 g/mol. The van der Waals surface area contributed by atoms with Crippen molar-refractivity contribution in [2.24, 2.45) is 14.1 Å². The molecule has 0 N–H and O–H groups in total. The first-order valence-electron chi connectivity index (χ1n) is 7.58. The van der Waals surface area contributed by atoms with E-state index in [4.69, 9.17) is 16.3 Å². The zero-order chi connectivity index (χ0) is 17.8. The molecule has 0 atom stereocenters.